The van der Waals surface area contributed by atoms with Crippen LogP contribution in [0.5, 0.6) is 0 Å². The van der Waals surface area contributed by atoms with Gasteiger partial charge in [0, 0.05) is 32.3 Å². The highest BCUT2D eigenvalue weighted by Crippen LogP contribution is 2.14. The van der Waals surface area contributed by atoms with Crippen molar-refractivity contribution in [2.45, 2.75) is 32.2 Å². The van der Waals surface area contributed by atoms with Crippen molar-refractivity contribution < 1.29 is 4.74 Å². The fraction of sp³-hybridized carbons (Fsp3) is 1.00. The molecule has 15 heavy (non-hydrogen) atoms. The minimum atomic E-state index is 0.763. The quantitative estimate of drug-likeness (QED) is 0.665. The maximum atomic E-state index is 5.42. The van der Waals surface area contributed by atoms with Gasteiger partial charge in [-0.2, -0.15) is 0 Å². The van der Waals surface area contributed by atoms with E-state index in [1.54, 1.807) is 0 Å². The van der Waals surface area contributed by atoms with Crippen molar-refractivity contribution in [3.63, 3.8) is 0 Å². The van der Waals surface area contributed by atoms with Crippen LogP contribution in [0.1, 0.15) is 26.2 Å². The van der Waals surface area contributed by atoms with Crippen molar-refractivity contribution in [1.82, 2.24) is 9.80 Å². The van der Waals surface area contributed by atoms with Crippen LogP contribution in [-0.2, 0) is 4.74 Å². The molecule has 3 heteroatoms. The molecule has 0 spiro atoms. The Bertz CT molecular complexity index is 156. The average Bonchev–Trinajstić information content (AvgIpc) is 2.25. The zero-order valence-electron chi connectivity index (χ0n) is 10.5. The van der Waals surface area contributed by atoms with Crippen molar-refractivity contribution in [3.05, 3.63) is 0 Å². The lowest BCUT2D eigenvalue weighted by atomic mass is 10.1. The monoisotopic (exact) mass is 214 g/mol. The standard InChI is InChI=1S/C12H26N2O/c1-4-7-14(9-8-13(2)3)12-5-10-15-11-6-12/h12H,4-11H2,1-3H3. The molecule has 0 unspecified atom stereocenters. The molecule has 0 aromatic rings. The highest BCUT2D eigenvalue weighted by Gasteiger charge is 2.20. The predicted octanol–water partition coefficient (Wildman–Crippen LogP) is 1.44. The summed E-state index contributed by atoms with van der Waals surface area (Å²) in [6.45, 7) is 7.77. The van der Waals surface area contributed by atoms with Gasteiger partial charge in [-0.3, -0.25) is 4.90 Å². The van der Waals surface area contributed by atoms with Crippen LogP contribution in [0.4, 0.5) is 0 Å². The van der Waals surface area contributed by atoms with E-state index in [2.05, 4.69) is 30.8 Å². The lowest BCUT2D eigenvalue weighted by molar-refractivity contribution is 0.0320. The zero-order chi connectivity index (χ0) is 11.1. The largest absolute Gasteiger partial charge is 0.381 e. The number of likely N-dealkylation sites (N-methyl/N-ethyl adjacent to an activating group) is 1. The molecule has 0 saturated carbocycles. The third-order valence-corrected chi connectivity index (χ3v) is 3.05. The summed E-state index contributed by atoms with van der Waals surface area (Å²) >= 11 is 0. The topological polar surface area (TPSA) is 15.7 Å². The van der Waals surface area contributed by atoms with Gasteiger partial charge < -0.3 is 9.64 Å². The SMILES string of the molecule is CCCN(CCN(C)C)C1CCOCC1. The van der Waals surface area contributed by atoms with E-state index >= 15 is 0 Å². The van der Waals surface area contributed by atoms with Gasteiger partial charge in [-0.1, -0.05) is 6.92 Å². The second-order valence-electron chi connectivity index (χ2n) is 4.68. The van der Waals surface area contributed by atoms with Gasteiger partial charge in [0.1, 0.15) is 0 Å². The normalized spacial score (nSPS) is 19.0. The van der Waals surface area contributed by atoms with Crippen molar-refractivity contribution in [3.8, 4) is 0 Å². The Hall–Kier alpha value is -0.120. The summed E-state index contributed by atoms with van der Waals surface area (Å²) in [7, 11) is 4.29. The molecule has 0 aliphatic carbocycles. The fourth-order valence-corrected chi connectivity index (χ4v) is 2.14. The van der Waals surface area contributed by atoms with Gasteiger partial charge in [0.25, 0.3) is 0 Å². The number of rotatable bonds is 6. The van der Waals surface area contributed by atoms with E-state index < -0.39 is 0 Å². The van der Waals surface area contributed by atoms with Crippen molar-refractivity contribution >= 4 is 0 Å². The van der Waals surface area contributed by atoms with Crippen LogP contribution in [0.2, 0.25) is 0 Å². The molecule has 1 fully saturated rings. The highest BCUT2D eigenvalue weighted by atomic mass is 16.5. The number of nitrogens with zero attached hydrogens (tertiary/aromatic N) is 2. The highest BCUT2D eigenvalue weighted by molar-refractivity contribution is 4.74. The number of ether oxygens (including phenoxy) is 1. The molecule has 0 radical (unpaired) electrons. The first-order valence-corrected chi connectivity index (χ1v) is 6.20. The second kappa shape index (κ2) is 7.20. The Morgan fingerprint density at radius 3 is 2.27 bits per heavy atom. The lowest BCUT2D eigenvalue weighted by Crippen LogP contribution is -2.43. The summed E-state index contributed by atoms with van der Waals surface area (Å²) in [5.41, 5.74) is 0. The molecular weight excluding hydrogens is 188 g/mol. The molecule has 1 heterocycles. The van der Waals surface area contributed by atoms with Crippen LogP contribution in [0.15, 0.2) is 0 Å². The molecule has 0 bridgehead atoms. The molecule has 0 aromatic carbocycles. The Kier molecular flexibility index (Phi) is 6.22. The molecular formula is C12H26N2O. The Balaban J connectivity index is 2.33. The minimum Gasteiger partial charge on any atom is -0.381 e. The van der Waals surface area contributed by atoms with Crippen LogP contribution in [0.3, 0.4) is 0 Å². The van der Waals surface area contributed by atoms with E-state index in [9.17, 15) is 0 Å². The third-order valence-electron chi connectivity index (χ3n) is 3.05. The maximum Gasteiger partial charge on any atom is 0.0480 e. The van der Waals surface area contributed by atoms with Gasteiger partial charge in [-0.25, -0.2) is 0 Å². The molecule has 1 aliphatic heterocycles. The van der Waals surface area contributed by atoms with E-state index in [0.29, 0.717) is 0 Å². The van der Waals surface area contributed by atoms with Crippen molar-refractivity contribution in [2.75, 3.05) is 46.9 Å². The molecule has 1 aliphatic rings. The van der Waals surface area contributed by atoms with Crippen molar-refractivity contribution in [2.24, 2.45) is 0 Å². The van der Waals surface area contributed by atoms with Gasteiger partial charge in [0.05, 0.1) is 0 Å². The van der Waals surface area contributed by atoms with Gasteiger partial charge in [-0.15, -0.1) is 0 Å². The van der Waals surface area contributed by atoms with E-state index in [0.717, 1.165) is 25.8 Å². The van der Waals surface area contributed by atoms with Crippen LogP contribution in [-0.4, -0.2) is 62.8 Å². The molecule has 3 nitrogen and oxygen atoms in total. The summed E-state index contributed by atoms with van der Waals surface area (Å²) in [4.78, 5) is 4.91. The Morgan fingerprint density at radius 2 is 1.73 bits per heavy atom. The molecule has 0 N–H and O–H groups in total. The van der Waals surface area contributed by atoms with Crippen LogP contribution in [0, 0.1) is 0 Å². The minimum absolute atomic E-state index is 0.763. The lowest BCUT2D eigenvalue weighted by Gasteiger charge is -2.34. The molecule has 0 atom stereocenters. The summed E-state index contributed by atoms with van der Waals surface area (Å²) in [5, 5.41) is 0. The summed E-state index contributed by atoms with van der Waals surface area (Å²) in [6, 6.07) is 0.763. The Labute approximate surface area is 94.4 Å². The average molecular weight is 214 g/mol. The van der Waals surface area contributed by atoms with Gasteiger partial charge in [-0.05, 0) is 39.9 Å². The fourth-order valence-electron chi connectivity index (χ4n) is 2.14. The van der Waals surface area contributed by atoms with E-state index in [1.165, 1.54) is 32.4 Å². The van der Waals surface area contributed by atoms with Gasteiger partial charge >= 0.3 is 0 Å². The molecule has 90 valence electrons. The summed E-state index contributed by atoms with van der Waals surface area (Å²) in [5.74, 6) is 0. The van der Waals surface area contributed by atoms with E-state index in [-0.39, 0.29) is 0 Å². The van der Waals surface area contributed by atoms with E-state index in [4.69, 9.17) is 4.74 Å². The number of hydrogen-bond donors (Lipinski definition) is 0. The zero-order valence-corrected chi connectivity index (χ0v) is 10.5. The molecule has 0 aromatic heterocycles. The van der Waals surface area contributed by atoms with Crippen LogP contribution >= 0.6 is 0 Å². The summed E-state index contributed by atoms with van der Waals surface area (Å²) in [6.07, 6.45) is 3.69. The smallest absolute Gasteiger partial charge is 0.0480 e. The van der Waals surface area contributed by atoms with Crippen molar-refractivity contribution in [1.29, 1.82) is 0 Å². The maximum absolute atomic E-state index is 5.42. The number of hydrogen-bond acceptors (Lipinski definition) is 3. The Morgan fingerprint density at radius 1 is 1.07 bits per heavy atom. The van der Waals surface area contributed by atoms with Crippen LogP contribution in [0.25, 0.3) is 0 Å². The first-order chi connectivity index (χ1) is 7.24. The molecule has 1 rings (SSSR count). The van der Waals surface area contributed by atoms with E-state index in [1.807, 2.05) is 0 Å². The first kappa shape index (κ1) is 12.9. The third kappa shape index (κ3) is 4.96. The molecule has 0 amide bonds. The first-order valence-electron chi connectivity index (χ1n) is 6.20. The molecule has 1 saturated heterocycles. The van der Waals surface area contributed by atoms with Gasteiger partial charge in [0.2, 0.25) is 0 Å². The predicted molar refractivity (Wildman–Crippen MR) is 64.3 cm³/mol. The van der Waals surface area contributed by atoms with Crippen LogP contribution < -0.4 is 0 Å². The second-order valence-corrected chi connectivity index (χ2v) is 4.68. The van der Waals surface area contributed by atoms with Gasteiger partial charge in [0.15, 0.2) is 0 Å². The summed E-state index contributed by atoms with van der Waals surface area (Å²) < 4.78 is 5.42.